The maximum atomic E-state index is 12.9. The van der Waals surface area contributed by atoms with Crippen molar-refractivity contribution in [1.29, 1.82) is 0 Å². The standard InChI is InChI=1S/C15H17F3N4/c16-15(17,18)11-4-2-6-13(8-11)21-12-5-1-3-10(7-12)14-19-9-20-22-14/h1,3,5,7,9,11,13,21H,2,4,6,8H2,(H,19,20,22)/t11-,13-/m1/s1. The van der Waals surface area contributed by atoms with E-state index in [0.717, 1.165) is 17.7 Å². The van der Waals surface area contributed by atoms with Gasteiger partial charge in [-0.05, 0) is 31.4 Å². The highest BCUT2D eigenvalue weighted by Crippen LogP contribution is 2.38. The lowest BCUT2D eigenvalue weighted by Crippen LogP contribution is -2.34. The molecule has 0 radical (unpaired) electrons. The van der Waals surface area contributed by atoms with E-state index in [4.69, 9.17) is 0 Å². The molecular weight excluding hydrogens is 293 g/mol. The Balaban J connectivity index is 1.69. The van der Waals surface area contributed by atoms with Gasteiger partial charge in [0.15, 0.2) is 5.82 Å². The number of aromatic amines is 1. The summed E-state index contributed by atoms with van der Waals surface area (Å²) in [7, 11) is 0. The quantitative estimate of drug-likeness (QED) is 0.901. The van der Waals surface area contributed by atoms with Crippen LogP contribution in [0.5, 0.6) is 0 Å². The van der Waals surface area contributed by atoms with Crippen LogP contribution in [0.3, 0.4) is 0 Å². The van der Waals surface area contributed by atoms with Crippen LogP contribution in [0.2, 0.25) is 0 Å². The summed E-state index contributed by atoms with van der Waals surface area (Å²) in [5.41, 5.74) is 1.66. The van der Waals surface area contributed by atoms with E-state index < -0.39 is 12.1 Å². The fourth-order valence-corrected chi connectivity index (χ4v) is 2.95. The van der Waals surface area contributed by atoms with Crippen molar-refractivity contribution in [1.82, 2.24) is 15.2 Å². The number of nitrogens with one attached hydrogen (secondary N) is 2. The molecule has 1 fully saturated rings. The summed E-state index contributed by atoms with van der Waals surface area (Å²) in [6.45, 7) is 0. The van der Waals surface area contributed by atoms with Gasteiger partial charge in [-0.15, -0.1) is 0 Å². The van der Waals surface area contributed by atoms with Crippen LogP contribution in [0.1, 0.15) is 25.7 Å². The van der Waals surface area contributed by atoms with Gasteiger partial charge in [0.05, 0.1) is 5.92 Å². The lowest BCUT2D eigenvalue weighted by Gasteiger charge is -2.31. The van der Waals surface area contributed by atoms with Gasteiger partial charge in [-0.25, -0.2) is 4.98 Å². The number of H-pyrrole nitrogens is 1. The zero-order chi connectivity index (χ0) is 15.6. The van der Waals surface area contributed by atoms with Crippen molar-refractivity contribution < 1.29 is 13.2 Å². The minimum Gasteiger partial charge on any atom is -0.382 e. The topological polar surface area (TPSA) is 53.6 Å². The molecule has 1 aliphatic rings. The van der Waals surface area contributed by atoms with E-state index in [1.807, 2.05) is 24.3 Å². The molecule has 0 aliphatic heterocycles. The van der Waals surface area contributed by atoms with Gasteiger partial charge in [0.25, 0.3) is 0 Å². The number of nitrogens with zero attached hydrogens (tertiary/aromatic N) is 2. The number of anilines is 1. The number of benzene rings is 1. The smallest absolute Gasteiger partial charge is 0.382 e. The molecule has 0 spiro atoms. The molecule has 0 unspecified atom stereocenters. The van der Waals surface area contributed by atoms with E-state index in [1.165, 1.54) is 6.33 Å². The minimum atomic E-state index is -4.10. The molecule has 7 heteroatoms. The number of halogens is 3. The highest BCUT2D eigenvalue weighted by atomic mass is 19.4. The molecule has 2 aromatic rings. The average molecular weight is 310 g/mol. The van der Waals surface area contributed by atoms with Crippen LogP contribution in [0.4, 0.5) is 18.9 Å². The van der Waals surface area contributed by atoms with Gasteiger partial charge in [0.2, 0.25) is 0 Å². The second kappa shape index (κ2) is 5.98. The molecule has 4 nitrogen and oxygen atoms in total. The van der Waals surface area contributed by atoms with E-state index in [2.05, 4.69) is 20.5 Å². The largest absolute Gasteiger partial charge is 0.391 e. The molecule has 1 aliphatic carbocycles. The van der Waals surface area contributed by atoms with Crippen LogP contribution in [-0.4, -0.2) is 27.4 Å². The first-order valence-corrected chi connectivity index (χ1v) is 7.31. The summed E-state index contributed by atoms with van der Waals surface area (Å²) in [5, 5.41) is 9.80. The molecule has 1 heterocycles. The summed E-state index contributed by atoms with van der Waals surface area (Å²) in [6.07, 6.45) is -0.939. The Kier molecular flexibility index (Phi) is 4.04. The van der Waals surface area contributed by atoms with E-state index in [9.17, 15) is 13.2 Å². The zero-order valence-corrected chi connectivity index (χ0v) is 11.9. The molecule has 1 aromatic heterocycles. The fraction of sp³-hybridized carbons (Fsp3) is 0.467. The molecule has 0 amide bonds. The van der Waals surface area contributed by atoms with Crippen LogP contribution in [0.15, 0.2) is 30.6 Å². The lowest BCUT2D eigenvalue weighted by molar-refractivity contribution is -0.182. The van der Waals surface area contributed by atoms with Crippen molar-refractivity contribution in [3.63, 3.8) is 0 Å². The van der Waals surface area contributed by atoms with Crippen molar-refractivity contribution in [2.75, 3.05) is 5.32 Å². The van der Waals surface area contributed by atoms with Crippen LogP contribution in [-0.2, 0) is 0 Å². The maximum Gasteiger partial charge on any atom is 0.391 e. The Morgan fingerprint density at radius 2 is 2.09 bits per heavy atom. The van der Waals surface area contributed by atoms with Crippen molar-refractivity contribution >= 4 is 5.69 Å². The molecule has 118 valence electrons. The summed E-state index contributed by atoms with van der Waals surface area (Å²) in [4.78, 5) is 4.08. The first-order valence-electron chi connectivity index (χ1n) is 7.31. The zero-order valence-electron chi connectivity index (χ0n) is 11.9. The third kappa shape index (κ3) is 3.40. The third-order valence-corrected chi connectivity index (χ3v) is 4.06. The molecule has 0 saturated heterocycles. The number of alkyl halides is 3. The molecular formula is C15H17F3N4. The monoisotopic (exact) mass is 310 g/mol. The number of hydrogen-bond donors (Lipinski definition) is 2. The van der Waals surface area contributed by atoms with Gasteiger partial charge in [0, 0.05) is 17.3 Å². The predicted molar refractivity (Wildman–Crippen MR) is 77.2 cm³/mol. The molecule has 22 heavy (non-hydrogen) atoms. The highest BCUT2D eigenvalue weighted by Gasteiger charge is 2.42. The van der Waals surface area contributed by atoms with E-state index in [0.29, 0.717) is 12.2 Å². The maximum absolute atomic E-state index is 12.9. The number of hydrogen-bond acceptors (Lipinski definition) is 3. The average Bonchev–Trinajstić information content (AvgIpc) is 3.01. The Morgan fingerprint density at radius 1 is 1.23 bits per heavy atom. The molecule has 3 rings (SSSR count). The van der Waals surface area contributed by atoms with Gasteiger partial charge < -0.3 is 5.32 Å². The predicted octanol–water partition coefficient (Wildman–Crippen LogP) is 4.00. The first kappa shape index (κ1) is 14.9. The third-order valence-electron chi connectivity index (χ3n) is 4.06. The van der Waals surface area contributed by atoms with Crippen molar-refractivity contribution in [2.45, 2.75) is 37.9 Å². The molecule has 2 N–H and O–H groups in total. The van der Waals surface area contributed by atoms with Gasteiger partial charge in [0.1, 0.15) is 6.33 Å². The first-order chi connectivity index (χ1) is 10.5. The van der Waals surface area contributed by atoms with E-state index in [-0.39, 0.29) is 18.9 Å². The summed E-state index contributed by atoms with van der Waals surface area (Å²) in [6, 6.07) is 7.31. The second-order valence-electron chi connectivity index (χ2n) is 5.66. The van der Waals surface area contributed by atoms with Crippen molar-refractivity contribution in [3.05, 3.63) is 30.6 Å². The van der Waals surface area contributed by atoms with Gasteiger partial charge in [-0.1, -0.05) is 18.6 Å². The van der Waals surface area contributed by atoms with E-state index >= 15 is 0 Å². The normalized spacial score (nSPS) is 22.5. The fourth-order valence-electron chi connectivity index (χ4n) is 2.95. The van der Waals surface area contributed by atoms with E-state index in [1.54, 1.807) is 0 Å². The molecule has 1 saturated carbocycles. The molecule has 0 bridgehead atoms. The van der Waals surface area contributed by atoms with Crippen LogP contribution < -0.4 is 5.32 Å². The number of aromatic nitrogens is 3. The van der Waals surface area contributed by atoms with Gasteiger partial charge >= 0.3 is 6.18 Å². The Morgan fingerprint density at radius 3 is 2.82 bits per heavy atom. The molecule has 1 aromatic carbocycles. The second-order valence-corrected chi connectivity index (χ2v) is 5.66. The summed E-state index contributed by atoms with van der Waals surface area (Å²) < 4.78 is 38.6. The van der Waals surface area contributed by atoms with Crippen LogP contribution in [0, 0.1) is 5.92 Å². The Hall–Kier alpha value is -2.05. The highest BCUT2D eigenvalue weighted by molar-refractivity contribution is 5.62. The van der Waals surface area contributed by atoms with Crippen LogP contribution >= 0.6 is 0 Å². The Labute approximate surface area is 126 Å². The van der Waals surface area contributed by atoms with Crippen LogP contribution in [0.25, 0.3) is 11.4 Å². The van der Waals surface area contributed by atoms with Gasteiger partial charge in [-0.3, -0.25) is 5.10 Å². The number of rotatable bonds is 3. The van der Waals surface area contributed by atoms with Gasteiger partial charge in [-0.2, -0.15) is 18.3 Å². The SMILES string of the molecule is FC(F)(F)[C@@H]1CCC[C@@H](Nc2cccc(-c3ncn[nH]3)c2)C1. The lowest BCUT2D eigenvalue weighted by atomic mass is 9.85. The summed E-state index contributed by atoms with van der Waals surface area (Å²) >= 11 is 0. The summed E-state index contributed by atoms with van der Waals surface area (Å²) in [5.74, 6) is -0.559. The molecule has 2 atom stereocenters. The van der Waals surface area contributed by atoms with Crippen molar-refractivity contribution in [2.24, 2.45) is 5.92 Å². The van der Waals surface area contributed by atoms with Crippen molar-refractivity contribution in [3.8, 4) is 11.4 Å². The Bertz CT molecular complexity index is 610. The minimum absolute atomic E-state index is 0.135.